The molecule has 0 aliphatic carbocycles. The highest BCUT2D eigenvalue weighted by atomic mass is 19.4. The zero-order valence-electron chi connectivity index (χ0n) is 11.1. The number of anilines is 1. The van der Waals surface area contributed by atoms with E-state index in [0.29, 0.717) is 23.4 Å². The van der Waals surface area contributed by atoms with Gasteiger partial charge in [-0.05, 0) is 18.7 Å². The summed E-state index contributed by atoms with van der Waals surface area (Å²) in [5, 5.41) is 0.815. The second-order valence-corrected chi connectivity index (χ2v) is 4.64. The Bertz CT molecular complexity index is 596. The van der Waals surface area contributed by atoms with Gasteiger partial charge < -0.3 is 5.73 Å². The first-order valence-electron chi connectivity index (χ1n) is 6.32. The number of fused-ring (bicyclic) bond motifs is 1. The topological polar surface area (TPSA) is 42.1 Å². The van der Waals surface area contributed by atoms with Crippen LogP contribution >= 0.6 is 0 Å². The van der Waals surface area contributed by atoms with Crippen molar-refractivity contribution in [3.63, 3.8) is 0 Å². The van der Waals surface area contributed by atoms with Crippen molar-refractivity contribution in [3.05, 3.63) is 36.0 Å². The molecule has 0 spiro atoms. The minimum absolute atomic E-state index is 0.130. The first-order valence-corrected chi connectivity index (χ1v) is 6.32. The lowest BCUT2D eigenvalue weighted by atomic mass is 10.1. The van der Waals surface area contributed by atoms with Crippen molar-refractivity contribution in [2.45, 2.75) is 19.6 Å². The van der Waals surface area contributed by atoms with Crippen LogP contribution < -0.4 is 5.73 Å². The number of alkyl halides is 3. The first-order chi connectivity index (χ1) is 9.39. The Hall–Kier alpha value is -1.82. The highest BCUT2D eigenvalue weighted by molar-refractivity contribution is 5.90. The molecule has 1 heterocycles. The monoisotopic (exact) mass is 283 g/mol. The predicted octanol–water partition coefficient (Wildman–Crippen LogP) is 3.20. The van der Waals surface area contributed by atoms with Gasteiger partial charge >= 0.3 is 6.18 Å². The maximum absolute atomic E-state index is 12.4. The van der Waals surface area contributed by atoms with Crippen molar-refractivity contribution >= 4 is 16.6 Å². The molecule has 2 rings (SSSR count). The molecular weight excluding hydrogens is 267 g/mol. The van der Waals surface area contributed by atoms with E-state index in [4.69, 9.17) is 5.73 Å². The number of halogens is 3. The smallest absolute Gasteiger partial charge is 0.398 e. The van der Waals surface area contributed by atoms with E-state index in [2.05, 4.69) is 4.98 Å². The third-order valence-electron chi connectivity index (χ3n) is 3.04. The quantitative estimate of drug-likeness (QED) is 0.937. The van der Waals surface area contributed by atoms with Crippen LogP contribution in [0.2, 0.25) is 0 Å². The molecule has 0 radical (unpaired) electrons. The number of nitrogens with zero attached hydrogens (tertiary/aromatic N) is 2. The van der Waals surface area contributed by atoms with Crippen molar-refractivity contribution in [2.24, 2.45) is 0 Å². The normalized spacial score (nSPS) is 12.2. The third kappa shape index (κ3) is 3.60. The summed E-state index contributed by atoms with van der Waals surface area (Å²) >= 11 is 0. The Morgan fingerprint density at radius 1 is 1.25 bits per heavy atom. The molecule has 2 aromatic rings. The van der Waals surface area contributed by atoms with E-state index >= 15 is 0 Å². The molecular formula is C14H16F3N3. The van der Waals surface area contributed by atoms with Crippen LogP contribution in [0.5, 0.6) is 0 Å². The van der Waals surface area contributed by atoms with E-state index in [1.165, 1.54) is 4.90 Å². The predicted molar refractivity (Wildman–Crippen MR) is 73.2 cm³/mol. The van der Waals surface area contributed by atoms with Gasteiger partial charge in [0.2, 0.25) is 0 Å². The molecule has 2 N–H and O–H groups in total. The molecule has 108 valence electrons. The average molecular weight is 283 g/mol. The maximum atomic E-state index is 12.4. The van der Waals surface area contributed by atoms with Gasteiger partial charge in [0.25, 0.3) is 0 Å². The summed E-state index contributed by atoms with van der Waals surface area (Å²) in [4.78, 5) is 5.65. The molecule has 0 fully saturated rings. The van der Waals surface area contributed by atoms with E-state index in [-0.39, 0.29) is 6.54 Å². The minimum atomic E-state index is -4.21. The Kier molecular flexibility index (Phi) is 4.13. The number of rotatable bonds is 4. The summed E-state index contributed by atoms with van der Waals surface area (Å²) < 4.78 is 37.3. The molecule has 1 aromatic heterocycles. The third-order valence-corrected chi connectivity index (χ3v) is 3.04. The molecule has 3 nitrogen and oxygen atoms in total. The fourth-order valence-electron chi connectivity index (χ4n) is 2.10. The van der Waals surface area contributed by atoms with Gasteiger partial charge in [0.15, 0.2) is 0 Å². The molecule has 6 heteroatoms. The molecule has 0 aliphatic rings. The Morgan fingerprint density at radius 3 is 2.60 bits per heavy atom. The molecule has 0 amide bonds. The van der Waals surface area contributed by atoms with Gasteiger partial charge in [-0.3, -0.25) is 9.88 Å². The van der Waals surface area contributed by atoms with Gasteiger partial charge in [-0.25, -0.2) is 0 Å². The summed E-state index contributed by atoms with van der Waals surface area (Å²) in [6, 6.07) is 8.96. The van der Waals surface area contributed by atoms with E-state index in [1.54, 1.807) is 19.1 Å². The average Bonchev–Trinajstić information content (AvgIpc) is 2.36. The molecule has 0 bridgehead atoms. The zero-order chi connectivity index (χ0) is 14.8. The Balaban J connectivity index is 2.24. The van der Waals surface area contributed by atoms with Crippen LogP contribution in [0.25, 0.3) is 10.9 Å². The van der Waals surface area contributed by atoms with Gasteiger partial charge in [0, 0.05) is 17.6 Å². The summed E-state index contributed by atoms with van der Waals surface area (Å²) in [5.74, 6) is 0. The van der Waals surface area contributed by atoms with Crippen LogP contribution in [0.3, 0.4) is 0 Å². The number of nitrogens with two attached hydrogens (primary N) is 1. The lowest BCUT2D eigenvalue weighted by molar-refractivity contribution is -0.146. The van der Waals surface area contributed by atoms with Gasteiger partial charge in [-0.1, -0.05) is 25.1 Å². The second-order valence-electron chi connectivity index (χ2n) is 4.64. The Morgan fingerprint density at radius 2 is 1.95 bits per heavy atom. The molecule has 1 aromatic carbocycles. The van der Waals surface area contributed by atoms with Crippen molar-refractivity contribution < 1.29 is 13.2 Å². The number of hydrogen-bond donors (Lipinski definition) is 1. The van der Waals surface area contributed by atoms with Gasteiger partial charge in [-0.2, -0.15) is 13.2 Å². The van der Waals surface area contributed by atoms with Gasteiger partial charge in [-0.15, -0.1) is 0 Å². The van der Waals surface area contributed by atoms with E-state index < -0.39 is 12.7 Å². The van der Waals surface area contributed by atoms with Crippen molar-refractivity contribution in [3.8, 4) is 0 Å². The van der Waals surface area contributed by atoms with Gasteiger partial charge in [0.05, 0.1) is 17.8 Å². The van der Waals surface area contributed by atoms with E-state index in [9.17, 15) is 13.2 Å². The van der Waals surface area contributed by atoms with Crippen LogP contribution in [0.1, 0.15) is 12.6 Å². The van der Waals surface area contributed by atoms with Crippen LogP contribution in [0, 0.1) is 0 Å². The van der Waals surface area contributed by atoms with E-state index in [1.807, 2.05) is 18.2 Å². The highest BCUT2D eigenvalue weighted by Gasteiger charge is 2.30. The number of pyridine rings is 1. The number of aromatic nitrogens is 1. The molecule has 0 saturated heterocycles. The lowest BCUT2D eigenvalue weighted by Crippen LogP contribution is -2.33. The molecule has 0 saturated carbocycles. The summed E-state index contributed by atoms with van der Waals surface area (Å²) in [7, 11) is 0. The summed E-state index contributed by atoms with van der Waals surface area (Å²) in [6.07, 6.45) is -4.21. The highest BCUT2D eigenvalue weighted by Crippen LogP contribution is 2.22. The second kappa shape index (κ2) is 5.66. The minimum Gasteiger partial charge on any atom is -0.398 e. The maximum Gasteiger partial charge on any atom is 0.401 e. The van der Waals surface area contributed by atoms with Crippen LogP contribution in [0.15, 0.2) is 30.3 Å². The number of para-hydroxylation sites is 1. The number of hydrogen-bond acceptors (Lipinski definition) is 3. The fourth-order valence-corrected chi connectivity index (χ4v) is 2.10. The largest absolute Gasteiger partial charge is 0.401 e. The molecule has 20 heavy (non-hydrogen) atoms. The van der Waals surface area contributed by atoms with Crippen molar-refractivity contribution in [1.29, 1.82) is 0 Å². The van der Waals surface area contributed by atoms with Crippen LogP contribution in [-0.2, 0) is 6.54 Å². The number of nitrogen functional groups attached to an aromatic ring is 1. The zero-order valence-corrected chi connectivity index (χ0v) is 11.1. The summed E-state index contributed by atoms with van der Waals surface area (Å²) in [5.41, 5.74) is 7.70. The number of benzene rings is 1. The molecule has 0 atom stereocenters. The van der Waals surface area contributed by atoms with E-state index in [0.717, 1.165) is 5.39 Å². The van der Waals surface area contributed by atoms with Crippen molar-refractivity contribution in [1.82, 2.24) is 9.88 Å². The SMILES string of the molecule is CCN(Cc1cc(N)c2ccccc2n1)CC(F)(F)F. The lowest BCUT2D eigenvalue weighted by Gasteiger charge is -2.21. The first kappa shape index (κ1) is 14.6. The van der Waals surface area contributed by atoms with Gasteiger partial charge in [0.1, 0.15) is 0 Å². The molecule has 0 unspecified atom stereocenters. The summed E-state index contributed by atoms with van der Waals surface area (Å²) in [6.45, 7) is 1.17. The fraction of sp³-hybridized carbons (Fsp3) is 0.357. The Labute approximate surface area is 115 Å². The van der Waals surface area contributed by atoms with Crippen LogP contribution in [0.4, 0.5) is 18.9 Å². The van der Waals surface area contributed by atoms with Crippen molar-refractivity contribution in [2.75, 3.05) is 18.8 Å². The van der Waals surface area contributed by atoms with Crippen LogP contribution in [-0.4, -0.2) is 29.1 Å². The molecule has 0 aliphatic heterocycles. The standard InChI is InChI=1S/C14H16F3N3/c1-2-20(9-14(15,16)17)8-10-7-12(18)11-5-3-4-6-13(11)19-10/h3-7H,2,8-9H2,1H3,(H2,18,19).